The minimum Gasteiger partial charge on any atom is -0.481 e. The summed E-state index contributed by atoms with van der Waals surface area (Å²) in [6.07, 6.45) is 6.52. The van der Waals surface area contributed by atoms with Gasteiger partial charge in [0.1, 0.15) is 18.0 Å². The van der Waals surface area contributed by atoms with Crippen LogP contribution in [0.3, 0.4) is 0 Å². The number of anilines is 2. The predicted octanol–water partition coefficient (Wildman–Crippen LogP) is 3.24. The number of nitrogens with zero attached hydrogens (tertiary/aromatic N) is 4. The molecule has 3 heterocycles. The number of carboxylic acids is 1. The van der Waals surface area contributed by atoms with E-state index in [-0.39, 0.29) is 5.92 Å². The first kappa shape index (κ1) is 18.7. The smallest absolute Gasteiger partial charge is 0.306 e. The van der Waals surface area contributed by atoms with Gasteiger partial charge in [-0.05, 0) is 43.6 Å². The third-order valence-corrected chi connectivity index (χ3v) is 6.11. The fourth-order valence-corrected chi connectivity index (χ4v) is 4.35. The van der Waals surface area contributed by atoms with Crippen LogP contribution in [0.5, 0.6) is 0 Å². The largest absolute Gasteiger partial charge is 0.481 e. The first-order valence-corrected chi connectivity index (χ1v) is 10.3. The molecule has 2 aliphatic rings. The Morgan fingerprint density at radius 1 is 0.929 bits per heavy atom. The second-order valence-electron chi connectivity index (χ2n) is 7.95. The molecule has 0 bridgehead atoms. The van der Waals surface area contributed by atoms with Crippen LogP contribution >= 0.6 is 0 Å². The van der Waals surface area contributed by atoms with Crippen LogP contribution in [0.1, 0.15) is 31.2 Å². The van der Waals surface area contributed by atoms with E-state index >= 15 is 0 Å². The molecule has 148 valence electrons. The SMILES string of the molecule is O=C(O)C1CCN(c2cc(N3CCC(Cc4ccccc4)CC3)ncn2)CC1. The van der Waals surface area contributed by atoms with Gasteiger partial charge in [-0.1, -0.05) is 30.3 Å². The summed E-state index contributed by atoms with van der Waals surface area (Å²) in [5.41, 5.74) is 1.43. The predicted molar refractivity (Wildman–Crippen MR) is 110 cm³/mol. The van der Waals surface area contributed by atoms with Gasteiger partial charge in [0.2, 0.25) is 0 Å². The maximum Gasteiger partial charge on any atom is 0.306 e. The molecule has 0 spiro atoms. The van der Waals surface area contributed by atoms with Crippen molar-refractivity contribution in [3.63, 3.8) is 0 Å². The van der Waals surface area contributed by atoms with Gasteiger partial charge in [0.05, 0.1) is 5.92 Å². The maximum absolute atomic E-state index is 11.1. The summed E-state index contributed by atoms with van der Waals surface area (Å²) in [4.78, 5) is 24.6. The molecule has 0 radical (unpaired) electrons. The molecule has 0 amide bonds. The Balaban J connectivity index is 1.33. The van der Waals surface area contributed by atoms with Crippen molar-refractivity contribution in [3.8, 4) is 0 Å². The second kappa shape index (κ2) is 8.59. The summed E-state index contributed by atoms with van der Waals surface area (Å²) in [6, 6.07) is 12.8. The number of aliphatic carboxylic acids is 1. The van der Waals surface area contributed by atoms with Gasteiger partial charge in [-0.3, -0.25) is 4.79 Å². The van der Waals surface area contributed by atoms with E-state index in [9.17, 15) is 9.90 Å². The van der Waals surface area contributed by atoms with Crippen molar-refractivity contribution in [2.75, 3.05) is 36.0 Å². The van der Waals surface area contributed by atoms with Crippen LogP contribution in [0, 0.1) is 11.8 Å². The molecule has 2 aliphatic heterocycles. The molecular weight excluding hydrogens is 352 g/mol. The third kappa shape index (κ3) is 4.43. The second-order valence-corrected chi connectivity index (χ2v) is 7.95. The van der Waals surface area contributed by atoms with E-state index in [1.807, 2.05) is 0 Å². The van der Waals surface area contributed by atoms with Crippen molar-refractivity contribution >= 4 is 17.6 Å². The van der Waals surface area contributed by atoms with Crippen LogP contribution in [0.25, 0.3) is 0 Å². The normalized spacial score (nSPS) is 19.0. The minimum absolute atomic E-state index is 0.221. The fraction of sp³-hybridized carbons (Fsp3) is 0.500. The lowest BCUT2D eigenvalue weighted by molar-refractivity contribution is -0.142. The third-order valence-electron chi connectivity index (χ3n) is 6.11. The average molecular weight is 380 g/mol. The molecule has 2 aromatic rings. The summed E-state index contributed by atoms with van der Waals surface area (Å²) >= 11 is 0. The zero-order valence-corrected chi connectivity index (χ0v) is 16.2. The van der Waals surface area contributed by atoms with Crippen molar-refractivity contribution in [1.82, 2.24) is 9.97 Å². The van der Waals surface area contributed by atoms with Crippen LogP contribution in [0.2, 0.25) is 0 Å². The number of rotatable bonds is 5. The molecular formula is C22H28N4O2. The lowest BCUT2D eigenvalue weighted by atomic mass is 9.90. The van der Waals surface area contributed by atoms with E-state index < -0.39 is 5.97 Å². The Kier molecular flexibility index (Phi) is 5.74. The Bertz CT molecular complexity index is 782. The summed E-state index contributed by atoms with van der Waals surface area (Å²) in [5, 5.41) is 9.17. The zero-order valence-electron chi connectivity index (χ0n) is 16.2. The highest BCUT2D eigenvalue weighted by atomic mass is 16.4. The lowest BCUT2D eigenvalue weighted by Gasteiger charge is -2.34. The van der Waals surface area contributed by atoms with E-state index in [0.29, 0.717) is 12.8 Å². The molecule has 4 rings (SSSR count). The fourth-order valence-electron chi connectivity index (χ4n) is 4.35. The Morgan fingerprint density at radius 2 is 1.50 bits per heavy atom. The van der Waals surface area contributed by atoms with Crippen molar-refractivity contribution in [2.45, 2.75) is 32.1 Å². The van der Waals surface area contributed by atoms with E-state index in [0.717, 1.165) is 50.2 Å². The molecule has 6 nitrogen and oxygen atoms in total. The zero-order chi connectivity index (χ0) is 19.3. The number of hydrogen-bond acceptors (Lipinski definition) is 5. The van der Waals surface area contributed by atoms with Gasteiger partial charge in [-0.25, -0.2) is 9.97 Å². The number of carbonyl (C=O) groups is 1. The van der Waals surface area contributed by atoms with E-state index in [1.165, 1.54) is 18.4 Å². The number of aromatic nitrogens is 2. The first-order chi connectivity index (χ1) is 13.7. The van der Waals surface area contributed by atoms with Crippen molar-refractivity contribution < 1.29 is 9.90 Å². The highest BCUT2D eigenvalue weighted by Gasteiger charge is 2.26. The van der Waals surface area contributed by atoms with Gasteiger partial charge in [-0.15, -0.1) is 0 Å². The molecule has 0 unspecified atom stereocenters. The number of benzene rings is 1. The number of piperidine rings is 2. The van der Waals surface area contributed by atoms with Crippen molar-refractivity contribution in [3.05, 3.63) is 48.3 Å². The molecule has 0 atom stereocenters. The average Bonchev–Trinajstić information content (AvgIpc) is 2.75. The highest BCUT2D eigenvalue weighted by Crippen LogP contribution is 2.27. The number of hydrogen-bond donors (Lipinski definition) is 1. The van der Waals surface area contributed by atoms with E-state index in [1.54, 1.807) is 6.33 Å². The van der Waals surface area contributed by atoms with Gasteiger partial charge >= 0.3 is 5.97 Å². The lowest BCUT2D eigenvalue weighted by Crippen LogP contribution is -2.37. The van der Waals surface area contributed by atoms with Crippen LogP contribution in [-0.4, -0.2) is 47.2 Å². The minimum atomic E-state index is -0.679. The van der Waals surface area contributed by atoms with Crippen molar-refractivity contribution in [1.29, 1.82) is 0 Å². The Morgan fingerprint density at radius 3 is 2.07 bits per heavy atom. The summed E-state index contributed by atoms with van der Waals surface area (Å²) in [7, 11) is 0. The first-order valence-electron chi connectivity index (χ1n) is 10.3. The molecule has 28 heavy (non-hydrogen) atoms. The van der Waals surface area contributed by atoms with Crippen LogP contribution in [0.4, 0.5) is 11.6 Å². The molecule has 1 N–H and O–H groups in total. The molecule has 1 aromatic carbocycles. The quantitative estimate of drug-likeness (QED) is 0.859. The molecule has 0 aliphatic carbocycles. The Hall–Kier alpha value is -2.63. The Labute approximate surface area is 166 Å². The van der Waals surface area contributed by atoms with Gasteiger partial charge in [0.15, 0.2) is 0 Å². The van der Waals surface area contributed by atoms with Gasteiger partial charge in [0, 0.05) is 32.2 Å². The summed E-state index contributed by atoms with van der Waals surface area (Å²) in [5.74, 6) is 1.74. The molecule has 2 saturated heterocycles. The van der Waals surface area contributed by atoms with Gasteiger partial charge in [-0.2, -0.15) is 0 Å². The van der Waals surface area contributed by atoms with Gasteiger partial charge < -0.3 is 14.9 Å². The van der Waals surface area contributed by atoms with Gasteiger partial charge in [0.25, 0.3) is 0 Å². The summed E-state index contributed by atoms with van der Waals surface area (Å²) < 4.78 is 0. The topological polar surface area (TPSA) is 69.6 Å². The molecule has 0 saturated carbocycles. The summed E-state index contributed by atoms with van der Waals surface area (Å²) in [6.45, 7) is 3.53. The maximum atomic E-state index is 11.1. The number of carboxylic acid groups (broad SMARTS) is 1. The molecule has 1 aromatic heterocycles. The standard InChI is InChI=1S/C22H28N4O2/c27-22(28)19-8-12-26(13-9-19)21-15-20(23-16-24-21)25-10-6-18(7-11-25)14-17-4-2-1-3-5-17/h1-5,15-16,18-19H,6-14H2,(H,27,28). The van der Waals surface area contributed by atoms with Crippen molar-refractivity contribution in [2.24, 2.45) is 11.8 Å². The molecule has 2 fully saturated rings. The van der Waals surface area contributed by atoms with E-state index in [4.69, 9.17) is 0 Å². The molecule has 6 heteroatoms. The van der Waals surface area contributed by atoms with Crippen LogP contribution < -0.4 is 9.80 Å². The van der Waals surface area contributed by atoms with Crippen LogP contribution in [0.15, 0.2) is 42.7 Å². The highest BCUT2D eigenvalue weighted by molar-refractivity contribution is 5.70. The monoisotopic (exact) mass is 380 g/mol. The van der Waals surface area contributed by atoms with E-state index in [2.05, 4.69) is 56.2 Å². The van der Waals surface area contributed by atoms with Crippen LogP contribution in [-0.2, 0) is 11.2 Å².